The first-order chi connectivity index (χ1) is 6.78. The summed E-state index contributed by atoms with van der Waals surface area (Å²) in [7, 11) is 0. The largest absolute Gasteiger partial charge is 0.345 e. The van der Waals surface area contributed by atoms with Crippen molar-refractivity contribution in [2.75, 3.05) is 13.1 Å². The minimum atomic E-state index is 0.428. The highest BCUT2D eigenvalue weighted by Crippen LogP contribution is 2.46. The molecular formula is C11H17N3. The second kappa shape index (κ2) is 2.83. The Morgan fingerprint density at radius 3 is 3.00 bits per heavy atom. The maximum Gasteiger partial charge on any atom is 0.110 e. The first kappa shape index (κ1) is 8.48. The molecule has 2 heterocycles. The van der Waals surface area contributed by atoms with Gasteiger partial charge in [0.2, 0.25) is 0 Å². The van der Waals surface area contributed by atoms with Crippen LogP contribution >= 0.6 is 0 Å². The Labute approximate surface area is 84.3 Å². The van der Waals surface area contributed by atoms with E-state index >= 15 is 0 Å². The van der Waals surface area contributed by atoms with E-state index in [1.165, 1.54) is 30.8 Å². The van der Waals surface area contributed by atoms with Crippen LogP contribution in [0.25, 0.3) is 0 Å². The lowest BCUT2D eigenvalue weighted by molar-refractivity contribution is 0.697. The monoisotopic (exact) mass is 191 g/mol. The van der Waals surface area contributed by atoms with Crippen LogP contribution in [0.4, 0.5) is 0 Å². The lowest BCUT2D eigenvalue weighted by Crippen LogP contribution is -2.09. The third kappa shape index (κ3) is 1.27. The fourth-order valence-electron chi connectivity index (χ4n) is 2.20. The molecule has 1 atom stereocenters. The van der Waals surface area contributed by atoms with E-state index in [4.69, 9.17) is 0 Å². The van der Waals surface area contributed by atoms with Crippen molar-refractivity contribution in [3.8, 4) is 0 Å². The Hall–Kier alpha value is -0.830. The van der Waals surface area contributed by atoms with E-state index in [1.807, 2.05) is 6.20 Å². The van der Waals surface area contributed by atoms with Gasteiger partial charge in [-0.3, -0.25) is 0 Å². The van der Waals surface area contributed by atoms with E-state index in [2.05, 4.69) is 22.2 Å². The number of H-pyrrole nitrogens is 1. The van der Waals surface area contributed by atoms with E-state index in [9.17, 15) is 0 Å². The van der Waals surface area contributed by atoms with Gasteiger partial charge in [-0.15, -0.1) is 0 Å². The summed E-state index contributed by atoms with van der Waals surface area (Å²) in [5.41, 5.74) is 1.77. The molecule has 1 unspecified atom stereocenters. The van der Waals surface area contributed by atoms with Crippen LogP contribution < -0.4 is 5.32 Å². The SMILES string of the molecule is CC1(c2cnc(C3CCNC3)[nH]2)CC1. The molecule has 3 nitrogen and oxygen atoms in total. The number of hydrogen-bond acceptors (Lipinski definition) is 2. The normalized spacial score (nSPS) is 29.4. The molecule has 2 fully saturated rings. The standard InChI is InChI=1S/C11H17N3/c1-11(3-4-11)9-7-13-10(14-9)8-2-5-12-6-8/h7-8,12H,2-6H2,1H3,(H,13,14). The Kier molecular flexibility index (Phi) is 1.71. The van der Waals surface area contributed by atoms with E-state index in [0.717, 1.165) is 13.1 Å². The zero-order valence-electron chi connectivity index (χ0n) is 8.64. The molecule has 0 amide bonds. The van der Waals surface area contributed by atoms with Gasteiger partial charge in [-0.2, -0.15) is 0 Å². The van der Waals surface area contributed by atoms with Gasteiger partial charge in [0.05, 0.1) is 0 Å². The second-order valence-electron chi connectivity index (χ2n) is 4.93. The first-order valence-corrected chi connectivity index (χ1v) is 5.54. The topological polar surface area (TPSA) is 40.7 Å². The van der Waals surface area contributed by atoms with Crippen LogP contribution in [0.1, 0.15) is 43.6 Å². The molecule has 1 saturated heterocycles. The Morgan fingerprint density at radius 2 is 2.36 bits per heavy atom. The van der Waals surface area contributed by atoms with Crippen molar-refractivity contribution in [3.05, 3.63) is 17.7 Å². The van der Waals surface area contributed by atoms with Crippen LogP contribution in [0.5, 0.6) is 0 Å². The van der Waals surface area contributed by atoms with E-state index in [1.54, 1.807) is 0 Å². The summed E-state index contributed by atoms with van der Waals surface area (Å²) in [4.78, 5) is 8.02. The maximum absolute atomic E-state index is 4.51. The molecule has 1 aliphatic heterocycles. The van der Waals surface area contributed by atoms with Crippen molar-refractivity contribution in [1.29, 1.82) is 0 Å². The molecule has 3 rings (SSSR count). The molecule has 3 heteroatoms. The Balaban J connectivity index is 1.82. The summed E-state index contributed by atoms with van der Waals surface area (Å²) in [6, 6.07) is 0. The molecular weight excluding hydrogens is 174 g/mol. The molecule has 0 bridgehead atoms. The second-order valence-corrected chi connectivity index (χ2v) is 4.93. The summed E-state index contributed by atoms with van der Waals surface area (Å²) in [6.45, 7) is 4.54. The van der Waals surface area contributed by atoms with E-state index < -0.39 is 0 Å². The van der Waals surface area contributed by atoms with Crippen LogP contribution in [0.2, 0.25) is 0 Å². The fraction of sp³-hybridized carbons (Fsp3) is 0.727. The molecule has 14 heavy (non-hydrogen) atoms. The Bertz CT molecular complexity index is 332. The highest BCUT2D eigenvalue weighted by molar-refractivity contribution is 5.22. The zero-order chi connectivity index (χ0) is 9.60. The number of rotatable bonds is 2. The van der Waals surface area contributed by atoms with Crippen molar-refractivity contribution in [3.63, 3.8) is 0 Å². The Morgan fingerprint density at radius 1 is 1.50 bits per heavy atom. The van der Waals surface area contributed by atoms with Gasteiger partial charge in [-0.05, 0) is 25.8 Å². The summed E-state index contributed by atoms with van der Waals surface area (Å²) in [5, 5.41) is 3.37. The lowest BCUT2D eigenvalue weighted by Gasteiger charge is -2.05. The van der Waals surface area contributed by atoms with Gasteiger partial charge in [-0.25, -0.2) is 4.98 Å². The van der Waals surface area contributed by atoms with Crippen LogP contribution in [0.15, 0.2) is 6.20 Å². The van der Waals surface area contributed by atoms with Crippen molar-refractivity contribution in [2.24, 2.45) is 0 Å². The van der Waals surface area contributed by atoms with Crippen LogP contribution in [-0.2, 0) is 5.41 Å². The molecule has 0 radical (unpaired) electrons. The van der Waals surface area contributed by atoms with Gasteiger partial charge >= 0.3 is 0 Å². The third-order valence-corrected chi connectivity index (χ3v) is 3.69. The average molecular weight is 191 g/mol. The summed E-state index contributed by atoms with van der Waals surface area (Å²) < 4.78 is 0. The van der Waals surface area contributed by atoms with Crippen LogP contribution in [-0.4, -0.2) is 23.1 Å². The van der Waals surface area contributed by atoms with Crippen LogP contribution in [0.3, 0.4) is 0 Å². The number of aromatic amines is 1. The van der Waals surface area contributed by atoms with Crippen molar-refractivity contribution < 1.29 is 0 Å². The molecule has 76 valence electrons. The number of aromatic nitrogens is 2. The minimum Gasteiger partial charge on any atom is -0.345 e. The number of nitrogens with one attached hydrogen (secondary N) is 2. The van der Waals surface area contributed by atoms with Gasteiger partial charge in [0.15, 0.2) is 0 Å². The molecule has 2 aliphatic rings. The lowest BCUT2D eigenvalue weighted by atomic mass is 10.1. The predicted molar refractivity (Wildman–Crippen MR) is 55.4 cm³/mol. The number of hydrogen-bond donors (Lipinski definition) is 2. The quantitative estimate of drug-likeness (QED) is 0.744. The van der Waals surface area contributed by atoms with Crippen molar-refractivity contribution in [2.45, 2.75) is 37.5 Å². The highest BCUT2D eigenvalue weighted by Gasteiger charge is 2.41. The van der Waals surface area contributed by atoms with Gasteiger partial charge in [0.1, 0.15) is 5.82 Å². The van der Waals surface area contributed by atoms with Gasteiger partial charge < -0.3 is 10.3 Å². The molecule has 1 aromatic heterocycles. The molecule has 2 N–H and O–H groups in total. The van der Waals surface area contributed by atoms with Gasteiger partial charge in [0.25, 0.3) is 0 Å². The first-order valence-electron chi connectivity index (χ1n) is 5.54. The molecule has 1 saturated carbocycles. The number of imidazole rings is 1. The maximum atomic E-state index is 4.51. The highest BCUT2D eigenvalue weighted by atomic mass is 15.0. The summed E-state index contributed by atoms with van der Waals surface area (Å²) >= 11 is 0. The van der Waals surface area contributed by atoms with Crippen molar-refractivity contribution in [1.82, 2.24) is 15.3 Å². The summed E-state index contributed by atoms with van der Waals surface area (Å²) in [6.07, 6.45) is 5.90. The van der Waals surface area contributed by atoms with E-state index in [0.29, 0.717) is 11.3 Å². The molecule has 1 aliphatic carbocycles. The smallest absolute Gasteiger partial charge is 0.110 e. The van der Waals surface area contributed by atoms with E-state index in [-0.39, 0.29) is 0 Å². The predicted octanol–water partition coefficient (Wildman–Crippen LogP) is 1.54. The van der Waals surface area contributed by atoms with Crippen LogP contribution in [0, 0.1) is 0 Å². The minimum absolute atomic E-state index is 0.428. The zero-order valence-corrected chi connectivity index (χ0v) is 8.64. The molecule has 0 aromatic carbocycles. The molecule has 1 aromatic rings. The summed E-state index contributed by atoms with van der Waals surface area (Å²) in [5.74, 6) is 1.81. The fourth-order valence-corrected chi connectivity index (χ4v) is 2.20. The van der Waals surface area contributed by atoms with Gasteiger partial charge in [0, 0.05) is 29.8 Å². The van der Waals surface area contributed by atoms with Gasteiger partial charge in [-0.1, -0.05) is 6.92 Å². The van der Waals surface area contributed by atoms with Crippen molar-refractivity contribution >= 4 is 0 Å². The number of nitrogens with zero attached hydrogens (tertiary/aromatic N) is 1. The average Bonchev–Trinajstić information content (AvgIpc) is 2.73. The molecule has 0 spiro atoms. The third-order valence-electron chi connectivity index (χ3n) is 3.69.